The van der Waals surface area contributed by atoms with Crippen LogP contribution in [0, 0.1) is 5.41 Å². The molecular formula is C16H23NO2. The van der Waals surface area contributed by atoms with Crippen LogP contribution < -0.4 is 5.73 Å². The average Bonchev–Trinajstić information content (AvgIpc) is 2.31. The zero-order valence-corrected chi connectivity index (χ0v) is 11.8. The lowest BCUT2D eigenvalue weighted by Crippen LogP contribution is -2.69. The maximum atomic E-state index is 6.04. The van der Waals surface area contributed by atoms with Crippen LogP contribution >= 0.6 is 0 Å². The Bertz CT molecular complexity index is 439. The molecule has 0 spiro atoms. The lowest BCUT2D eigenvalue weighted by molar-refractivity contribution is -0.223. The second-order valence-corrected chi connectivity index (χ2v) is 6.33. The van der Waals surface area contributed by atoms with Gasteiger partial charge in [0.05, 0.1) is 31.8 Å². The lowest BCUT2D eigenvalue weighted by Gasteiger charge is -2.59. The first-order valence-corrected chi connectivity index (χ1v) is 7.10. The van der Waals surface area contributed by atoms with E-state index in [0.29, 0.717) is 12.5 Å². The molecule has 3 nitrogen and oxygen atoms in total. The van der Waals surface area contributed by atoms with E-state index in [4.69, 9.17) is 15.2 Å². The Balaban J connectivity index is 1.94. The zero-order chi connectivity index (χ0) is 13.5. The number of ether oxygens (including phenoxy) is 2. The van der Waals surface area contributed by atoms with Crippen LogP contribution in [0.2, 0.25) is 0 Å². The van der Waals surface area contributed by atoms with E-state index < -0.39 is 0 Å². The summed E-state index contributed by atoms with van der Waals surface area (Å²) in [4.78, 5) is 0. The SMILES string of the molecule is CC(C)c1ccc(C2(C3(CN)COC3)COC2)cc1. The summed E-state index contributed by atoms with van der Waals surface area (Å²) in [5.41, 5.74) is 8.92. The summed E-state index contributed by atoms with van der Waals surface area (Å²) >= 11 is 0. The highest BCUT2D eigenvalue weighted by atomic mass is 16.5. The highest BCUT2D eigenvalue weighted by Crippen LogP contribution is 2.51. The summed E-state index contributed by atoms with van der Waals surface area (Å²) in [6.07, 6.45) is 0. The van der Waals surface area contributed by atoms with Gasteiger partial charge in [0, 0.05) is 12.0 Å². The maximum Gasteiger partial charge on any atom is 0.0593 e. The standard InChI is InChI=1S/C16H23NO2/c1-12(2)13-3-5-14(6-4-13)16(10-19-11-16)15(7-17)8-18-9-15/h3-6,12H,7-11,17H2,1-2H3. The number of benzene rings is 1. The molecule has 2 aliphatic heterocycles. The van der Waals surface area contributed by atoms with Gasteiger partial charge in [-0.2, -0.15) is 0 Å². The van der Waals surface area contributed by atoms with Crippen molar-refractivity contribution in [2.24, 2.45) is 11.1 Å². The Morgan fingerprint density at radius 1 is 1.05 bits per heavy atom. The highest BCUT2D eigenvalue weighted by molar-refractivity contribution is 5.36. The van der Waals surface area contributed by atoms with Crippen LogP contribution in [0.4, 0.5) is 0 Å². The van der Waals surface area contributed by atoms with Gasteiger partial charge in [-0.1, -0.05) is 38.1 Å². The van der Waals surface area contributed by atoms with Gasteiger partial charge in [-0.15, -0.1) is 0 Å². The number of hydrogen-bond donors (Lipinski definition) is 1. The first kappa shape index (κ1) is 13.1. The van der Waals surface area contributed by atoms with Gasteiger partial charge in [0.25, 0.3) is 0 Å². The van der Waals surface area contributed by atoms with E-state index in [-0.39, 0.29) is 10.8 Å². The van der Waals surface area contributed by atoms with Crippen LogP contribution in [0.25, 0.3) is 0 Å². The molecule has 1 aromatic carbocycles. The second-order valence-electron chi connectivity index (χ2n) is 6.33. The Labute approximate surface area is 115 Å². The molecule has 2 aliphatic rings. The molecule has 0 atom stereocenters. The molecule has 0 saturated carbocycles. The monoisotopic (exact) mass is 261 g/mol. The summed E-state index contributed by atoms with van der Waals surface area (Å²) < 4.78 is 11.0. The molecule has 3 heteroatoms. The minimum atomic E-state index is 0.0650. The molecule has 3 rings (SSSR count). The van der Waals surface area contributed by atoms with Crippen molar-refractivity contribution in [2.45, 2.75) is 25.2 Å². The zero-order valence-electron chi connectivity index (χ0n) is 11.8. The Morgan fingerprint density at radius 3 is 1.95 bits per heavy atom. The molecule has 19 heavy (non-hydrogen) atoms. The Morgan fingerprint density at radius 2 is 1.63 bits per heavy atom. The van der Waals surface area contributed by atoms with Crippen molar-refractivity contribution in [3.63, 3.8) is 0 Å². The summed E-state index contributed by atoms with van der Waals surface area (Å²) in [6, 6.07) is 8.99. The predicted octanol–water partition coefficient (Wildman–Crippen LogP) is 2.05. The van der Waals surface area contributed by atoms with Crippen molar-refractivity contribution in [1.82, 2.24) is 0 Å². The fourth-order valence-corrected chi connectivity index (χ4v) is 3.21. The van der Waals surface area contributed by atoms with E-state index in [1.54, 1.807) is 0 Å². The van der Waals surface area contributed by atoms with Crippen LogP contribution in [-0.2, 0) is 14.9 Å². The second kappa shape index (κ2) is 4.58. The van der Waals surface area contributed by atoms with Gasteiger partial charge in [0.15, 0.2) is 0 Å². The minimum absolute atomic E-state index is 0.0650. The molecule has 0 bridgehead atoms. The lowest BCUT2D eigenvalue weighted by atomic mass is 9.57. The third kappa shape index (κ3) is 1.76. The van der Waals surface area contributed by atoms with E-state index in [2.05, 4.69) is 38.1 Å². The fourth-order valence-electron chi connectivity index (χ4n) is 3.21. The van der Waals surface area contributed by atoms with E-state index in [1.165, 1.54) is 11.1 Å². The van der Waals surface area contributed by atoms with Crippen LogP contribution in [0.5, 0.6) is 0 Å². The van der Waals surface area contributed by atoms with Gasteiger partial charge in [0.2, 0.25) is 0 Å². The van der Waals surface area contributed by atoms with Gasteiger partial charge in [-0.3, -0.25) is 0 Å². The molecule has 1 aromatic rings. The first-order valence-electron chi connectivity index (χ1n) is 7.10. The van der Waals surface area contributed by atoms with Gasteiger partial charge in [-0.25, -0.2) is 0 Å². The van der Waals surface area contributed by atoms with Crippen molar-refractivity contribution in [1.29, 1.82) is 0 Å². The minimum Gasteiger partial charge on any atom is -0.380 e. The third-order valence-electron chi connectivity index (χ3n) is 4.99. The van der Waals surface area contributed by atoms with E-state index in [1.807, 2.05) is 0 Å². The van der Waals surface area contributed by atoms with Crippen LogP contribution in [0.3, 0.4) is 0 Å². The number of nitrogens with two attached hydrogens (primary N) is 1. The molecular weight excluding hydrogens is 238 g/mol. The van der Waals surface area contributed by atoms with Crippen LogP contribution in [0.15, 0.2) is 24.3 Å². The van der Waals surface area contributed by atoms with Crippen molar-refractivity contribution in [2.75, 3.05) is 33.0 Å². The number of hydrogen-bond acceptors (Lipinski definition) is 3. The smallest absolute Gasteiger partial charge is 0.0593 e. The van der Waals surface area contributed by atoms with E-state index in [9.17, 15) is 0 Å². The summed E-state index contributed by atoms with van der Waals surface area (Å²) in [5, 5.41) is 0. The Kier molecular flexibility index (Phi) is 3.16. The predicted molar refractivity (Wildman–Crippen MR) is 75.3 cm³/mol. The van der Waals surface area contributed by atoms with Gasteiger partial charge in [-0.05, 0) is 17.0 Å². The molecule has 104 valence electrons. The molecule has 2 fully saturated rings. The third-order valence-corrected chi connectivity index (χ3v) is 4.99. The van der Waals surface area contributed by atoms with Crippen molar-refractivity contribution < 1.29 is 9.47 Å². The van der Waals surface area contributed by atoms with E-state index >= 15 is 0 Å². The molecule has 2 N–H and O–H groups in total. The Hall–Kier alpha value is -0.900. The molecule has 0 unspecified atom stereocenters. The normalized spacial score (nSPS) is 23.8. The molecule has 0 aromatic heterocycles. The maximum absolute atomic E-state index is 6.04. The molecule has 0 aliphatic carbocycles. The van der Waals surface area contributed by atoms with Crippen molar-refractivity contribution in [3.05, 3.63) is 35.4 Å². The summed E-state index contributed by atoms with van der Waals surface area (Å²) in [7, 11) is 0. The molecule has 0 amide bonds. The van der Waals surface area contributed by atoms with Gasteiger partial charge in [0.1, 0.15) is 0 Å². The molecule has 2 heterocycles. The van der Waals surface area contributed by atoms with Crippen LogP contribution in [-0.4, -0.2) is 33.0 Å². The van der Waals surface area contributed by atoms with E-state index in [0.717, 1.165) is 26.4 Å². The first-order chi connectivity index (χ1) is 9.13. The largest absolute Gasteiger partial charge is 0.380 e. The highest BCUT2D eigenvalue weighted by Gasteiger charge is 2.60. The fraction of sp³-hybridized carbons (Fsp3) is 0.625. The molecule has 0 radical (unpaired) electrons. The topological polar surface area (TPSA) is 44.5 Å². The summed E-state index contributed by atoms with van der Waals surface area (Å²) in [5.74, 6) is 0.568. The van der Waals surface area contributed by atoms with Crippen LogP contribution in [0.1, 0.15) is 30.9 Å². The quantitative estimate of drug-likeness (QED) is 0.902. The van der Waals surface area contributed by atoms with Gasteiger partial charge < -0.3 is 15.2 Å². The molecule has 2 saturated heterocycles. The summed E-state index contributed by atoms with van der Waals surface area (Å²) in [6.45, 7) is 8.18. The van der Waals surface area contributed by atoms with Crippen molar-refractivity contribution >= 4 is 0 Å². The number of rotatable bonds is 4. The van der Waals surface area contributed by atoms with Crippen molar-refractivity contribution in [3.8, 4) is 0 Å². The van der Waals surface area contributed by atoms with Gasteiger partial charge >= 0.3 is 0 Å². The average molecular weight is 261 g/mol.